The van der Waals surface area contributed by atoms with Crippen molar-refractivity contribution >= 4 is 15.9 Å². The lowest BCUT2D eigenvalue weighted by Gasteiger charge is -2.15. The number of nitrogens with zero attached hydrogens (tertiary/aromatic N) is 1. The Hall–Kier alpha value is -1.05. The van der Waals surface area contributed by atoms with E-state index in [0.717, 1.165) is 35.2 Å². The fourth-order valence-electron chi connectivity index (χ4n) is 1.65. The molecule has 0 aromatic heterocycles. The zero-order chi connectivity index (χ0) is 14.1. The van der Waals surface area contributed by atoms with E-state index in [1.165, 1.54) is 0 Å². The van der Waals surface area contributed by atoms with Gasteiger partial charge in [-0.3, -0.25) is 0 Å². The van der Waals surface area contributed by atoms with Gasteiger partial charge in [0.2, 0.25) is 0 Å². The van der Waals surface area contributed by atoms with E-state index >= 15 is 0 Å². The second-order valence-corrected chi connectivity index (χ2v) is 5.58. The molecule has 0 saturated carbocycles. The Morgan fingerprint density at radius 3 is 2.84 bits per heavy atom. The average molecular weight is 325 g/mol. The number of hydrogen-bond donors (Lipinski definition) is 1. The first kappa shape index (κ1) is 16.0. The van der Waals surface area contributed by atoms with Gasteiger partial charge in [0, 0.05) is 24.6 Å². The molecule has 0 bridgehead atoms. The Balaban J connectivity index is 2.56. The van der Waals surface area contributed by atoms with Gasteiger partial charge in [0.05, 0.1) is 17.1 Å². The normalized spacial score (nSPS) is 10.5. The van der Waals surface area contributed by atoms with E-state index in [1.54, 1.807) is 0 Å². The standard InChI is InChI=1S/C15H21BrN2O/c1-12(2)18-11-13-7-6-8-14(16)15(13)19-10-5-3-4-9-17/h6-8,12,18H,3-5,10-11H2,1-2H3. The van der Waals surface area contributed by atoms with Crippen LogP contribution in [0.2, 0.25) is 0 Å². The minimum Gasteiger partial charge on any atom is -0.492 e. The number of halogens is 1. The monoisotopic (exact) mass is 324 g/mol. The van der Waals surface area contributed by atoms with Gasteiger partial charge in [-0.15, -0.1) is 0 Å². The number of nitriles is 1. The summed E-state index contributed by atoms with van der Waals surface area (Å²) in [7, 11) is 0. The van der Waals surface area contributed by atoms with Crippen LogP contribution >= 0.6 is 15.9 Å². The van der Waals surface area contributed by atoms with Crippen molar-refractivity contribution in [3.63, 3.8) is 0 Å². The molecule has 0 aliphatic carbocycles. The van der Waals surface area contributed by atoms with Crippen LogP contribution in [0.3, 0.4) is 0 Å². The minimum absolute atomic E-state index is 0.447. The van der Waals surface area contributed by atoms with Gasteiger partial charge in [-0.2, -0.15) is 5.26 Å². The van der Waals surface area contributed by atoms with Gasteiger partial charge in [-0.1, -0.05) is 26.0 Å². The number of hydrogen-bond acceptors (Lipinski definition) is 3. The van der Waals surface area contributed by atoms with Gasteiger partial charge >= 0.3 is 0 Å². The number of rotatable bonds is 8. The summed E-state index contributed by atoms with van der Waals surface area (Å²) in [6.07, 6.45) is 2.40. The van der Waals surface area contributed by atoms with Crippen molar-refractivity contribution in [2.24, 2.45) is 0 Å². The Kier molecular flexibility index (Phi) is 7.54. The zero-order valence-electron chi connectivity index (χ0n) is 11.6. The third-order valence-electron chi connectivity index (χ3n) is 2.68. The molecule has 4 heteroatoms. The quantitative estimate of drug-likeness (QED) is 0.734. The third-order valence-corrected chi connectivity index (χ3v) is 3.30. The molecule has 104 valence electrons. The predicted octanol–water partition coefficient (Wildman–Crippen LogP) is 4.02. The largest absolute Gasteiger partial charge is 0.492 e. The molecule has 0 saturated heterocycles. The van der Waals surface area contributed by atoms with Crippen molar-refractivity contribution in [1.29, 1.82) is 5.26 Å². The van der Waals surface area contributed by atoms with Crippen molar-refractivity contribution in [2.75, 3.05) is 6.61 Å². The van der Waals surface area contributed by atoms with Gasteiger partial charge in [0.25, 0.3) is 0 Å². The lowest BCUT2D eigenvalue weighted by Crippen LogP contribution is -2.22. The third kappa shape index (κ3) is 6.09. The van der Waals surface area contributed by atoms with E-state index in [-0.39, 0.29) is 0 Å². The zero-order valence-corrected chi connectivity index (χ0v) is 13.2. The molecular weight excluding hydrogens is 304 g/mol. The summed E-state index contributed by atoms with van der Waals surface area (Å²) in [5.74, 6) is 0.910. The molecule has 0 aliphatic rings. The lowest BCUT2D eigenvalue weighted by atomic mass is 10.2. The van der Waals surface area contributed by atoms with Crippen LogP contribution < -0.4 is 10.1 Å². The summed E-state index contributed by atoms with van der Waals surface area (Å²) in [6, 6.07) is 8.68. The Morgan fingerprint density at radius 2 is 2.16 bits per heavy atom. The number of benzene rings is 1. The first-order chi connectivity index (χ1) is 9.15. The first-order valence-corrected chi connectivity index (χ1v) is 7.45. The number of para-hydroxylation sites is 1. The highest BCUT2D eigenvalue weighted by atomic mass is 79.9. The molecule has 0 amide bonds. The summed E-state index contributed by atoms with van der Waals surface area (Å²) in [6.45, 7) is 5.70. The van der Waals surface area contributed by atoms with E-state index in [0.29, 0.717) is 19.1 Å². The average Bonchev–Trinajstić information content (AvgIpc) is 2.38. The number of ether oxygens (including phenoxy) is 1. The van der Waals surface area contributed by atoms with Crippen LogP contribution in [0.1, 0.15) is 38.7 Å². The molecule has 0 unspecified atom stereocenters. The van der Waals surface area contributed by atoms with Gasteiger partial charge in [0.1, 0.15) is 5.75 Å². The summed E-state index contributed by atoms with van der Waals surface area (Å²) in [4.78, 5) is 0. The second-order valence-electron chi connectivity index (χ2n) is 4.73. The summed E-state index contributed by atoms with van der Waals surface area (Å²) in [5, 5.41) is 11.9. The van der Waals surface area contributed by atoms with Crippen molar-refractivity contribution in [1.82, 2.24) is 5.32 Å². The molecule has 1 aromatic carbocycles. The number of unbranched alkanes of at least 4 members (excludes halogenated alkanes) is 2. The topological polar surface area (TPSA) is 45.0 Å². The second kappa shape index (κ2) is 8.95. The Morgan fingerprint density at radius 1 is 1.37 bits per heavy atom. The fourth-order valence-corrected chi connectivity index (χ4v) is 2.17. The predicted molar refractivity (Wildman–Crippen MR) is 81.1 cm³/mol. The van der Waals surface area contributed by atoms with Crippen LogP contribution in [0.15, 0.2) is 22.7 Å². The highest BCUT2D eigenvalue weighted by Crippen LogP contribution is 2.29. The molecule has 0 fully saturated rings. The van der Waals surface area contributed by atoms with Crippen LogP contribution in [0.25, 0.3) is 0 Å². The van der Waals surface area contributed by atoms with E-state index in [9.17, 15) is 0 Å². The molecule has 3 nitrogen and oxygen atoms in total. The minimum atomic E-state index is 0.447. The molecule has 19 heavy (non-hydrogen) atoms. The molecule has 0 heterocycles. The molecule has 0 radical (unpaired) electrons. The molecule has 0 aliphatic heterocycles. The van der Waals surface area contributed by atoms with E-state index in [4.69, 9.17) is 10.00 Å². The Bertz CT molecular complexity index is 427. The van der Waals surface area contributed by atoms with Crippen LogP contribution in [0.5, 0.6) is 5.75 Å². The first-order valence-electron chi connectivity index (χ1n) is 6.65. The maximum Gasteiger partial charge on any atom is 0.137 e. The molecule has 1 aromatic rings. The van der Waals surface area contributed by atoms with E-state index in [1.807, 2.05) is 12.1 Å². The maximum absolute atomic E-state index is 8.49. The van der Waals surface area contributed by atoms with E-state index in [2.05, 4.69) is 47.2 Å². The van der Waals surface area contributed by atoms with E-state index < -0.39 is 0 Å². The lowest BCUT2D eigenvalue weighted by molar-refractivity contribution is 0.301. The summed E-state index contributed by atoms with van der Waals surface area (Å²) < 4.78 is 6.83. The molecule has 0 spiro atoms. The van der Waals surface area contributed by atoms with Crippen molar-refractivity contribution in [3.05, 3.63) is 28.2 Å². The van der Waals surface area contributed by atoms with Gasteiger partial charge in [-0.25, -0.2) is 0 Å². The highest BCUT2D eigenvalue weighted by molar-refractivity contribution is 9.10. The van der Waals surface area contributed by atoms with Crippen molar-refractivity contribution in [3.8, 4) is 11.8 Å². The summed E-state index contributed by atoms with van der Waals surface area (Å²) in [5.41, 5.74) is 1.16. The number of nitrogens with one attached hydrogen (secondary N) is 1. The summed E-state index contributed by atoms with van der Waals surface area (Å²) >= 11 is 3.53. The fraction of sp³-hybridized carbons (Fsp3) is 0.533. The van der Waals surface area contributed by atoms with Gasteiger partial charge < -0.3 is 10.1 Å². The van der Waals surface area contributed by atoms with Crippen LogP contribution in [0, 0.1) is 11.3 Å². The highest BCUT2D eigenvalue weighted by Gasteiger charge is 2.08. The molecule has 0 atom stereocenters. The van der Waals surface area contributed by atoms with Crippen LogP contribution in [-0.4, -0.2) is 12.6 Å². The smallest absolute Gasteiger partial charge is 0.137 e. The SMILES string of the molecule is CC(C)NCc1cccc(Br)c1OCCCCC#N. The molecular formula is C15H21BrN2O. The molecule has 1 N–H and O–H groups in total. The van der Waals surface area contributed by atoms with Crippen LogP contribution in [0.4, 0.5) is 0 Å². The Labute approximate surface area is 124 Å². The van der Waals surface area contributed by atoms with Crippen LogP contribution in [-0.2, 0) is 6.54 Å². The van der Waals surface area contributed by atoms with Gasteiger partial charge in [0.15, 0.2) is 0 Å². The molecule has 1 rings (SSSR count). The maximum atomic E-state index is 8.49. The van der Waals surface area contributed by atoms with Crippen molar-refractivity contribution < 1.29 is 4.74 Å². The van der Waals surface area contributed by atoms with Gasteiger partial charge in [-0.05, 0) is 34.8 Å². The van der Waals surface area contributed by atoms with Crippen molar-refractivity contribution in [2.45, 2.75) is 45.7 Å².